The van der Waals surface area contributed by atoms with E-state index in [1.165, 1.54) is 44.1 Å². The lowest BCUT2D eigenvalue weighted by Crippen LogP contribution is -1.96. The topological polar surface area (TPSA) is 17.0 Å². The zero-order valence-corrected chi connectivity index (χ0v) is 14.6. The van der Waals surface area contributed by atoms with E-state index in [1.807, 2.05) is 7.05 Å². The van der Waals surface area contributed by atoms with Gasteiger partial charge in [0, 0.05) is 47.2 Å². The zero-order valence-electron chi connectivity index (χ0n) is 14.6. The summed E-state index contributed by atoms with van der Waals surface area (Å²) in [6, 6.07) is 19.5. The minimum absolute atomic E-state index is 1.16. The highest BCUT2D eigenvalue weighted by molar-refractivity contribution is 6.11. The summed E-state index contributed by atoms with van der Waals surface area (Å²) in [6.45, 7) is 4.48. The van der Waals surface area contributed by atoms with Crippen molar-refractivity contribution in [1.82, 2.24) is 4.57 Å². The third kappa shape index (κ3) is 1.96. The molecule has 0 aliphatic rings. The van der Waals surface area contributed by atoms with Crippen LogP contribution in [-0.4, -0.2) is 11.6 Å². The van der Waals surface area contributed by atoms with E-state index >= 15 is 0 Å². The van der Waals surface area contributed by atoms with Crippen molar-refractivity contribution in [2.75, 3.05) is 12.4 Å². The van der Waals surface area contributed by atoms with E-state index in [0.29, 0.717) is 0 Å². The lowest BCUT2D eigenvalue weighted by atomic mass is 9.92. The molecule has 0 spiro atoms. The van der Waals surface area contributed by atoms with Gasteiger partial charge in [-0.15, -0.1) is 0 Å². The number of hydrogen-bond donors (Lipinski definition) is 1. The van der Waals surface area contributed by atoms with Crippen molar-refractivity contribution >= 4 is 27.5 Å². The van der Waals surface area contributed by atoms with Gasteiger partial charge in [0.05, 0.1) is 0 Å². The van der Waals surface area contributed by atoms with Crippen LogP contribution in [0.1, 0.15) is 11.1 Å². The number of fused-ring (bicyclic) bond motifs is 3. The molecule has 24 heavy (non-hydrogen) atoms. The molecule has 2 nitrogen and oxygen atoms in total. The molecule has 0 atom stereocenters. The van der Waals surface area contributed by atoms with Crippen LogP contribution in [0.4, 0.5) is 5.69 Å². The molecule has 1 aromatic heterocycles. The molecule has 3 aromatic carbocycles. The Morgan fingerprint density at radius 1 is 0.792 bits per heavy atom. The monoisotopic (exact) mass is 314 g/mol. The summed E-state index contributed by atoms with van der Waals surface area (Å²) < 4.78 is 2.31. The Kier molecular flexibility index (Phi) is 3.34. The summed E-state index contributed by atoms with van der Waals surface area (Å²) in [6.07, 6.45) is 0. The van der Waals surface area contributed by atoms with E-state index in [-0.39, 0.29) is 0 Å². The maximum absolute atomic E-state index is 3.32. The van der Waals surface area contributed by atoms with Gasteiger partial charge in [0.2, 0.25) is 0 Å². The third-order valence-electron chi connectivity index (χ3n) is 5.26. The number of rotatable bonds is 2. The molecule has 0 saturated carbocycles. The van der Waals surface area contributed by atoms with Gasteiger partial charge in [-0.2, -0.15) is 0 Å². The van der Waals surface area contributed by atoms with Gasteiger partial charge in [0.1, 0.15) is 0 Å². The normalized spacial score (nSPS) is 11.3. The molecular weight excluding hydrogens is 292 g/mol. The molecule has 0 amide bonds. The second-order valence-electron chi connectivity index (χ2n) is 6.44. The van der Waals surface area contributed by atoms with Crippen molar-refractivity contribution in [3.05, 3.63) is 65.7 Å². The summed E-state index contributed by atoms with van der Waals surface area (Å²) >= 11 is 0. The van der Waals surface area contributed by atoms with Crippen LogP contribution in [0.5, 0.6) is 0 Å². The van der Waals surface area contributed by atoms with E-state index in [1.54, 1.807) is 0 Å². The number of anilines is 1. The minimum atomic E-state index is 1.16. The Morgan fingerprint density at radius 3 is 2.29 bits per heavy atom. The van der Waals surface area contributed by atoms with Gasteiger partial charge in [-0.05, 0) is 48.7 Å². The zero-order chi connectivity index (χ0) is 16.8. The molecule has 0 unspecified atom stereocenters. The number of aryl methyl sites for hydroxylation is 2. The Labute approximate surface area is 142 Å². The second-order valence-corrected chi connectivity index (χ2v) is 6.44. The van der Waals surface area contributed by atoms with Crippen molar-refractivity contribution in [1.29, 1.82) is 0 Å². The lowest BCUT2D eigenvalue weighted by Gasteiger charge is -2.15. The fraction of sp³-hybridized carbons (Fsp3) is 0.182. The van der Waals surface area contributed by atoms with Gasteiger partial charge in [-0.25, -0.2) is 0 Å². The number of hydrogen-bond acceptors (Lipinski definition) is 1. The average Bonchev–Trinajstić information content (AvgIpc) is 2.91. The maximum atomic E-state index is 3.32. The van der Waals surface area contributed by atoms with E-state index in [0.717, 1.165) is 5.69 Å². The molecule has 1 heterocycles. The van der Waals surface area contributed by atoms with Crippen LogP contribution in [0, 0.1) is 13.8 Å². The van der Waals surface area contributed by atoms with Gasteiger partial charge in [-0.1, -0.05) is 36.4 Å². The molecule has 120 valence electrons. The number of aromatic nitrogens is 1. The highest BCUT2D eigenvalue weighted by atomic mass is 14.9. The van der Waals surface area contributed by atoms with Crippen molar-refractivity contribution in [2.24, 2.45) is 7.05 Å². The summed E-state index contributed by atoms with van der Waals surface area (Å²) in [5.74, 6) is 0. The van der Waals surface area contributed by atoms with Crippen LogP contribution in [0.2, 0.25) is 0 Å². The summed E-state index contributed by atoms with van der Waals surface area (Å²) in [5.41, 5.74) is 9.02. The van der Waals surface area contributed by atoms with Gasteiger partial charge in [-0.3, -0.25) is 0 Å². The number of benzene rings is 3. The van der Waals surface area contributed by atoms with E-state index in [2.05, 4.69) is 85.4 Å². The fourth-order valence-electron chi connectivity index (χ4n) is 3.83. The standard InChI is InChI=1S/C22H22N2/c1-14-15(2)22-17-10-6-8-12-20(17)24(4)21(22)13-18(14)16-9-5-7-11-19(16)23-3/h5-13,23H,1-4H3. The van der Waals surface area contributed by atoms with Crippen LogP contribution in [0.3, 0.4) is 0 Å². The van der Waals surface area contributed by atoms with E-state index in [4.69, 9.17) is 0 Å². The van der Waals surface area contributed by atoms with Crippen molar-refractivity contribution in [3.8, 4) is 11.1 Å². The summed E-state index contributed by atoms with van der Waals surface area (Å²) in [7, 11) is 4.14. The Hall–Kier alpha value is -2.74. The Bertz CT molecular complexity index is 1070. The predicted octanol–water partition coefficient (Wildman–Crippen LogP) is 5.66. The number of nitrogens with zero attached hydrogens (tertiary/aromatic N) is 1. The molecule has 1 N–H and O–H groups in total. The van der Waals surface area contributed by atoms with Gasteiger partial charge >= 0.3 is 0 Å². The predicted molar refractivity (Wildman–Crippen MR) is 105 cm³/mol. The van der Waals surface area contributed by atoms with Crippen molar-refractivity contribution in [3.63, 3.8) is 0 Å². The summed E-state index contributed by atoms with van der Waals surface area (Å²) in [4.78, 5) is 0. The highest BCUT2D eigenvalue weighted by Crippen LogP contribution is 2.39. The fourth-order valence-corrected chi connectivity index (χ4v) is 3.83. The van der Waals surface area contributed by atoms with Crippen LogP contribution in [0.25, 0.3) is 32.9 Å². The highest BCUT2D eigenvalue weighted by Gasteiger charge is 2.16. The molecule has 0 aliphatic heterocycles. The van der Waals surface area contributed by atoms with Crippen molar-refractivity contribution < 1.29 is 0 Å². The van der Waals surface area contributed by atoms with Gasteiger partial charge < -0.3 is 9.88 Å². The van der Waals surface area contributed by atoms with Gasteiger partial charge in [0.25, 0.3) is 0 Å². The first-order chi connectivity index (χ1) is 11.6. The molecule has 0 radical (unpaired) electrons. The van der Waals surface area contributed by atoms with Gasteiger partial charge in [0.15, 0.2) is 0 Å². The van der Waals surface area contributed by atoms with E-state index < -0.39 is 0 Å². The van der Waals surface area contributed by atoms with Crippen LogP contribution in [-0.2, 0) is 7.05 Å². The molecular formula is C22H22N2. The SMILES string of the molecule is CNc1ccccc1-c1cc2c(c(C)c1C)c1ccccc1n2C. The first-order valence-corrected chi connectivity index (χ1v) is 8.38. The largest absolute Gasteiger partial charge is 0.388 e. The molecule has 0 fully saturated rings. The van der Waals surface area contributed by atoms with Crippen LogP contribution >= 0.6 is 0 Å². The van der Waals surface area contributed by atoms with Crippen LogP contribution in [0.15, 0.2) is 54.6 Å². The maximum Gasteiger partial charge on any atom is 0.0497 e. The first-order valence-electron chi connectivity index (χ1n) is 8.38. The second kappa shape index (κ2) is 5.41. The molecule has 2 heteroatoms. The Morgan fingerprint density at radius 2 is 1.50 bits per heavy atom. The number of para-hydroxylation sites is 2. The number of nitrogens with one attached hydrogen (secondary N) is 1. The molecule has 0 aliphatic carbocycles. The quantitative estimate of drug-likeness (QED) is 0.505. The van der Waals surface area contributed by atoms with E-state index in [9.17, 15) is 0 Å². The first kappa shape index (κ1) is 14.8. The van der Waals surface area contributed by atoms with Crippen LogP contribution < -0.4 is 5.32 Å². The molecule has 0 bridgehead atoms. The summed E-state index contributed by atoms with van der Waals surface area (Å²) in [5, 5.41) is 6.03. The molecule has 4 rings (SSSR count). The van der Waals surface area contributed by atoms with Crippen molar-refractivity contribution in [2.45, 2.75) is 13.8 Å². The molecule has 0 saturated heterocycles. The lowest BCUT2D eigenvalue weighted by molar-refractivity contribution is 1.01. The smallest absolute Gasteiger partial charge is 0.0497 e. The molecule has 4 aromatic rings. The average molecular weight is 314 g/mol. The Balaban J connectivity index is 2.14. The third-order valence-corrected chi connectivity index (χ3v) is 5.26. The minimum Gasteiger partial charge on any atom is -0.388 e.